The van der Waals surface area contributed by atoms with Gasteiger partial charge in [-0.05, 0) is 42.9 Å². The lowest BCUT2D eigenvalue weighted by atomic mass is 10.1. The molecular formula is C21H23N3O5S. The minimum Gasteiger partial charge on any atom is -0.467 e. The first-order valence-electron chi connectivity index (χ1n) is 9.63. The lowest BCUT2D eigenvalue weighted by Crippen LogP contribution is -2.40. The fraction of sp³-hybridized carbons (Fsp3) is 0.333. The van der Waals surface area contributed by atoms with Crippen LogP contribution >= 0.6 is 12.2 Å². The smallest absolute Gasteiger partial charge is 0.253 e. The van der Waals surface area contributed by atoms with Gasteiger partial charge in [0.15, 0.2) is 16.6 Å². The predicted octanol–water partition coefficient (Wildman–Crippen LogP) is 2.76. The maximum absolute atomic E-state index is 12.7. The van der Waals surface area contributed by atoms with Crippen molar-refractivity contribution in [2.75, 3.05) is 27.1 Å². The summed E-state index contributed by atoms with van der Waals surface area (Å²) in [4.78, 5) is 17.6. The summed E-state index contributed by atoms with van der Waals surface area (Å²) in [5, 5.41) is 4.64. The van der Waals surface area contributed by atoms with E-state index in [9.17, 15) is 4.79 Å². The number of ether oxygens (including phenoxy) is 3. The maximum atomic E-state index is 12.7. The van der Waals surface area contributed by atoms with E-state index < -0.39 is 0 Å². The predicted molar refractivity (Wildman–Crippen MR) is 116 cm³/mol. The van der Waals surface area contributed by atoms with Crippen molar-refractivity contribution in [1.29, 1.82) is 0 Å². The molecule has 3 heterocycles. The Morgan fingerprint density at radius 1 is 1.27 bits per heavy atom. The molecule has 0 atom stereocenters. The van der Waals surface area contributed by atoms with Gasteiger partial charge >= 0.3 is 0 Å². The Kier molecular flexibility index (Phi) is 6.20. The number of aromatic amines is 1. The van der Waals surface area contributed by atoms with Crippen LogP contribution in [0.5, 0.6) is 11.5 Å². The molecule has 0 fully saturated rings. The van der Waals surface area contributed by atoms with E-state index in [0.29, 0.717) is 53.9 Å². The van der Waals surface area contributed by atoms with E-state index in [4.69, 9.17) is 30.8 Å². The van der Waals surface area contributed by atoms with Crippen molar-refractivity contribution in [2.45, 2.75) is 19.5 Å². The van der Waals surface area contributed by atoms with E-state index >= 15 is 0 Å². The molecule has 0 spiro atoms. The van der Waals surface area contributed by atoms with Crippen molar-refractivity contribution in [2.24, 2.45) is 0 Å². The molecule has 158 valence electrons. The van der Waals surface area contributed by atoms with E-state index in [1.165, 1.54) is 0 Å². The molecule has 2 aromatic heterocycles. The van der Waals surface area contributed by atoms with Gasteiger partial charge in [-0.25, -0.2) is 0 Å². The summed E-state index contributed by atoms with van der Waals surface area (Å²) in [6, 6.07) is 9.22. The van der Waals surface area contributed by atoms with Crippen molar-refractivity contribution in [3.8, 4) is 11.5 Å². The average molecular weight is 429 g/mol. The number of rotatable bonds is 8. The first-order valence-corrected chi connectivity index (χ1v) is 10.0. The van der Waals surface area contributed by atoms with E-state index in [2.05, 4.69) is 10.3 Å². The molecule has 0 saturated carbocycles. The number of benzene rings is 1. The minimum absolute atomic E-state index is 0.173. The van der Waals surface area contributed by atoms with E-state index in [0.717, 1.165) is 17.6 Å². The second-order valence-electron chi connectivity index (χ2n) is 6.93. The van der Waals surface area contributed by atoms with Gasteiger partial charge in [0.25, 0.3) is 5.56 Å². The number of nitrogens with one attached hydrogen (secondary N) is 2. The van der Waals surface area contributed by atoms with Crippen LogP contribution in [0.15, 0.2) is 45.8 Å². The Balaban J connectivity index is 1.57. The highest BCUT2D eigenvalue weighted by molar-refractivity contribution is 7.80. The molecule has 4 rings (SSSR count). The van der Waals surface area contributed by atoms with E-state index in [-0.39, 0.29) is 12.4 Å². The number of hydrogen-bond acceptors (Lipinski definition) is 6. The van der Waals surface area contributed by atoms with Crippen LogP contribution in [0.2, 0.25) is 0 Å². The zero-order valence-electron chi connectivity index (χ0n) is 16.6. The van der Waals surface area contributed by atoms with Gasteiger partial charge in [-0.1, -0.05) is 0 Å². The molecule has 0 bridgehead atoms. The molecule has 8 nitrogen and oxygen atoms in total. The summed E-state index contributed by atoms with van der Waals surface area (Å²) in [5.41, 5.74) is 1.12. The minimum atomic E-state index is -0.173. The molecule has 1 aromatic carbocycles. The van der Waals surface area contributed by atoms with Crippen LogP contribution in [-0.4, -0.2) is 42.1 Å². The van der Waals surface area contributed by atoms with Gasteiger partial charge in [-0.2, -0.15) is 0 Å². The number of methoxy groups -OCH3 is 1. The molecule has 9 heteroatoms. The number of aromatic nitrogens is 1. The Bertz CT molecular complexity index is 1080. The molecule has 0 aliphatic carbocycles. The van der Waals surface area contributed by atoms with Gasteiger partial charge in [0.05, 0.1) is 24.9 Å². The Morgan fingerprint density at radius 2 is 2.10 bits per heavy atom. The Hall–Kier alpha value is -3.04. The molecule has 2 N–H and O–H groups in total. The summed E-state index contributed by atoms with van der Waals surface area (Å²) < 4.78 is 21.4. The summed E-state index contributed by atoms with van der Waals surface area (Å²) in [6.45, 7) is 2.29. The van der Waals surface area contributed by atoms with E-state index in [1.807, 2.05) is 29.2 Å². The average Bonchev–Trinajstić information content (AvgIpc) is 3.41. The third-order valence-corrected chi connectivity index (χ3v) is 5.19. The van der Waals surface area contributed by atoms with Gasteiger partial charge in [0.2, 0.25) is 6.79 Å². The lowest BCUT2D eigenvalue weighted by molar-refractivity contribution is 0.174. The zero-order chi connectivity index (χ0) is 20.9. The number of hydrogen-bond donors (Lipinski definition) is 2. The number of thiocarbonyl (C=S) groups is 1. The highest BCUT2D eigenvalue weighted by atomic mass is 32.1. The largest absolute Gasteiger partial charge is 0.467 e. The van der Waals surface area contributed by atoms with Crippen molar-refractivity contribution in [3.63, 3.8) is 0 Å². The van der Waals surface area contributed by atoms with Crippen molar-refractivity contribution >= 4 is 28.2 Å². The molecule has 0 amide bonds. The van der Waals surface area contributed by atoms with Gasteiger partial charge in [-0.3, -0.25) is 4.79 Å². The van der Waals surface area contributed by atoms with Crippen molar-refractivity contribution in [3.05, 3.63) is 58.3 Å². The van der Waals surface area contributed by atoms with Crippen LogP contribution in [0.1, 0.15) is 17.7 Å². The summed E-state index contributed by atoms with van der Waals surface area (Å²) in [7, 11) is 1.67. The summed E-state index contributed by atoms with van der Waals surface area (Å²) >= 11 is 5.58. The number of fused-ring (bicyclic) bond motifs is 2. The number of pyridine rings is 1. The molecule has 0 radical (unpaired) electrons. The second kappa shape index (κ2) is 9.19. The molecule has 3 aromatic rings. The Labute approximate surface area is 178 Å². The SMILES string of the molecule is COCCCNC(=S)N(Cc1ccco1)Cc1cc2cc3c(cc2[nH]c1=O)OCO3. The maximum Gasteiger partial charge on any atom is 0.253 e. The normalized spacial score (nSPS) is 12.3. The van der Waals surface area contributed by atoms with Gasteiger partial charge < -0.3 is 33.8 Å². The second-order valence-corrected chi connectivity index (χ2v) is 7.32. The third kappa shape index (κ3) is 4.58. The summed E-state index contributed by atoms with van der Waals surface area (Å²) in [5.74, 6) is 2.06. The number of nitrogens with zero attached hydrogens (tertiary/aromatic N) is 1. The number of H-pyrrole nitrogens is 1. The van der Waals surface area contributed by atoms with Crippen molar-refractivity contribution in [1.82, 2.24) is 15.2 Å². The van der Waals surface area contributed by atoms with Gasteiger partial charge in [0.1, 0.15) is 5.76 Å². The molecule has 30 heavy (non-hydrogen) atoms. The molecular weight excluding hydrogens is 406 g/mol. The van der Waals surface area contributed by atoms with E-state index in [1.54, 1.807) is 19.4 Å². The fourth-order valence-electron chi connectivity index (χ4n) is 3.28. The number of furan rings is 1. The first-order chi connectivity index (χ1) is 14.6. The highest BCUT2D eigenvalue weighted by Crippen LogP contribution is 2.35. The Morgan fingerprint density at radius 3 is 2.87 bits per heavy atom. The first kappa shape index (κ1) is 20.2. The topological polar surface area (TPSA) is 89.0 Å². The third-order valence-electron chi connectivity index (χ3n) is 4.79. The van der Waals surface area contributed by atoms with Crippen LogP contribution in [-0.2, 0) is 17.8 Å². The molecule has 1 aliphatic rings. The van der Waals surface area contributed by atoms with Crippen LogP contribution < -0.4 is 20.3 Å². The van der Waals surface area contributed by atoms with Gasteiger partial charge in [0, 0.05) is 37.3 Å². The van der Waals surface area contributed by atoms with Crippen LogP contribution in [0, 0.1) is 0 Å². The van der Waals surface area contributed by atoms with Crippen molar-refractivity contribution < 1.29 is 18.6 Å². The fourth-order valence-corrected chi connectivity index (χ4v) is 3.51. The summed E-state index contributed by atoms with van der Waals surface area (Å²) in [6.07, 6.45) is 2.45. The molecule has 0 saturated heterocycles. The lowest BCUT2D eigenvalue weighted by Gasteiger charge is -2.25. The monoisotopic (exact) mass is 429 g/mol. The van der Waals surface area contributed by atoms with Crippen LogP contribution in [0.3, 0.4) is 0 Å². The highest BCUT2D eigenvalue weighted by Gasteiger charge is 2.18. The van der Waals surface area contributed by atoms with Crippen LogP contribution in [0.4, 0.5) is 0 Å². The molecule has 0 unspecified atom stereocenters. The van der Waals surface area contributed by atoms with Crippen LogP contribution in [0.25, 0.3) is 10.9 Å². The standard InChI is InChI=1S/C21H23N3O5S/c1-26-6-3-5-22-21(30)24(12-16-4-2-7-27-16)11-15-8-14-9-18-19(29-13-28-18)10-17(14)23-20(15)25/h2,4,7-10H,3,5-6,11-13H2,1H3,(H,22,30)(H,23,25). The quantitative estimate of drug-likeness (QED) is 0.417. The molecule has 1 aliphatic heterocycles. The van der Waals surface area contributed by atoms with Gasteiger partial charge in [-0.15, -0.1) is 0 Å². The zero-order valence-corrected chi connectivity index (χ0v) is 17.4.